The van der Waals surface area contributed by atoms with Crippen molar-refractivity contribution in [2.75, 3.05) is 6.54 Å². The number of halogens is 3. The lowest BCUT2D eigenvalue weighted by Gasteiger charge is -2.23. The zero-order chi connectivity index (χ0) is 22.7. The van der Waals surface area contributed by atoms with Gasteiger partial charge in [-0.15, -0.1) is 6.58 Å². The highest BCUT2D eigenvalue weighted by Gasteiger charge is 2.45. The van der Waals surface area contributed by atoms with Crippen molar-refractivity contribution in [2.24, 2.45) is 5.92 Å². The van der Waals surface area contributed by atoms with E-state index in [2.05, 4.69) is 18.7 Å². The largest absolute Gasteiger partial charge is 0.416 e. The summed E-state index contributed by atoms with van der Waals surface area (Å²) < 4.78 is 41.0. The van der Waals surface area contributed by atoms with Gasteiger partial charge in [0, 0.05) is 30.9 Å². The maximum absolute atomic E-state index is 13.2. The third kappa shape index (κ3) is 4.96. The molecule has 1 fully saturated rings. The predicted molar refractivity (Wildman–Crippen MR) is 118 cm³/mol. The molecule has 1 amide bonds. The van der Waals surface area contributed by atoms with E-state index < -0.39 is 11.7 Å². The van der Waals surface area contributed by atoms with Crippen molar-refractivity contribution in [3.05, 3.63) is 108 Å². The van der Waals surface area contributed by atoms with E-state index in [0.29, 0.717) is 25.2 Å². The van der Waals surface area contributed by atoms with E-state index in [-0.39, 0.29) is 17.7 Å². The number of rotatable bonds is 8. The molecule has 166 valence electrons. The van der Waals surface area contributed by atoms with Gasteiger partial charge in [0.2, 0.25) is 5.91 Å². The summed E-state index contributed by atoms with van der Waals surface area (Å²) >= 11 is 0. The van der Waals surface area contributed by atoms with Crippen LogP contribution >= 0.6 is 0 Å². The number of hydrogen-bond donors (Lipinski definition) is 0. The van der Waals surface area contributed by atoms with E-state index in [0.717, 1.165) is 18.2 Å². The Balaban J connectivity index is 1.47. The zero-order valence-electron chi connectivity index (χ0n) is 17.6. The molecule has 6 heteroatoms. The van der Waals surface area contributed by atoms with Crippen LogP contribution in [0.15, 0.2) is 85.6 Å². The van der Waals surface area contributed by atoms with Crippen molar-refractivity contribution in [1.29, 1.82) is 0 Å². The second kappa shape index (κ2) is 9.07. The van der Waals surface area contributed by atoms with Gasteiger partial charge in [-0.05, 0) is 47.7 Å². The van der Waals surface area contributed by atoms with E-state index in [1.165, 1.54) is 17.7 Å². The Morgan fingerprint density at radius 2 is 1.88 bits per heavy atom. The summed E-state index contributed by atoms with van der Waals surface area (Å²) in [5.41, 5.74) is 1.95. The number of carbonyl (C=O) groups excluding carboxylic acids is 1. The maximum Gasteiger partial charge on any atom is 0.416 e. The summed E-state index contributed by atoms with van der Waals surface area (Å²) in [7, 11) is 0. The molecule has 0 saturated heterocycles. The molecule has 1 heterocycles. The first-order chi connectivity index (χ1) is 15.4. The Morgan fingerprint density at radius 1 is 1.09 bits per heavy atom. The van der Waals surface area contributed by atoms with Gasteiger partial charge in [-0.1, -0.05) is 48.5 Å². The lowest BCUT2D eigenvalue weighted by atomic mass is 10.1. The molecule has 3 aromatic rings. The maximum atomic E-state index is 13.2. The fourth-order valence-corrected chi connectivity index (χ4v) is 4.14. The average molecular weight is 438 g/mol. The Labute approximate surface area is 185 Å². The normalized spacial score (nSPS) is 17.7. The molecular weight excluding hydrogens is 413 g/mol. The summed E-state index contributed by atoms with van der Waals surface area (Å²) in [6.07, 6.45) is -0.00204. The standard InChI is InChI=1S/C26H25F3N2O/c1-2-13-31(25(32)24-16-23(24)20-9-4-3-5-10-20)18-22-12-7-14-30(22)17-19-8-6-11-21(15-19)26(27,28)29/h2-12,14-15,23-24H,1,13,16-18H2. The van der Waals surface area contributed by atoms with Crippen LogP contribution in [0.4, 0.5) is 13.2 Å². The summed E-state index contributed by atoms with van der Waals surface area (Å²) in [5.74, 6) is 0.294. The van der Waals surface area contributed by atoms with Crippen LogP contribution in [0.25, 0.3) is 0 Å². The molecule has 2 unspecified atom stereocenters. The van der Waals surface area contributed by atoms with Gasteiger partial charge in [0.05, 0.1) is 12.1 Å². The monoisotopic (exact) mass is 438 g/mol. The second-order valence-electron chi connectivity index (χ2n) is 8.19. The van der Waals surface area contributed by atoms with Gasteiger partial charge in [0.25, 0.3) is 0 Å². The van der Waals surface area contributed by atoms with Crippen molar-refractivity contribution < 1.29 is 18.0 Å². The van der Waals surface area contributed by atoms with Crippen LogP contribution in [-0.2, 0) is 24.1 Å². The second-order valence-corrected chi connectivity index (χ2v) is 8.19. The Kier molecular flexibility index (Phi) is 6.21. The third-order valence-corrected chi connectivity index (χ3v) is 5.88. The van der Waals surface area contributed by atoms with E-state index in [1.807, 2.05) is 41.1 Å². The lowest BCUT2D eigenvalue weighted by molar-refractivity contribution is -0.137. The highest BCUT2D eigenvalue weighted by atomic mass is 19.4. The number of nitrogens with zero attached hydrogens (tertiary/aromatic N) is 2. The first kappa shape index (κ1) is 21.9. The molecule has 1 saturated carbocycles. The molecule has 1 aliphatic carbocycles. The van der Waals surface area contributed by atoms with Crippen LogP contribution in [0.2, 0.25) is 0 Å². The fourth-order valence-electron chi connectivity index (χ4n) is 4.14. The van der Waals surface area contributed by atoms with Crippen molar-refractivity contribution >= 4 is 5.91 Å². The summed E-state index contributed by atoms with van der Waals surface area (Å²) in [6.45, 7) is 4.89. The summed E-state index contributed by atoms with van der Waals surface area (Å²) in [5, 5.41) is 0. The highest BCUT2D eigenvalue weighted by molar-refractivity contribution is 5.83. The van der Waals surface area contributed by atoms with Crippen LogP contribution < -0.4 is 0 Å². The number of amides is 1. The van der Waals surface area contributed by atoms with E-state index in [9.17, 15) is 18.0 Å². The predicted octanol–water partition coefficient (Wildman–Crippen LogP) is 5.87. The highest BCUT2D eigenvalue weighted by Crippen LogP contribution is 2.48. The number of aromatic nitrogens is 1. The topological polar surface area (TPSA) is 25.2 Å². The van der Waals surface area contributed by atoms with Crippen LogP contribution in [0, 0.1) is 5.92 Å². The minimum atomic E-state index is -4.37. The minimum Gasteiger partial charge on any atom is -0.345 e. The van der Waals surface area contributed by atoms with E-state index >= 15 is 0 Å². The van der Waals surface area contributed by atoms with Crippen molar-refractivity contribution in [3.63, 3.8) is 0 Å². The number of hydrogen-bond acceptors (Lipinski definition) is 1. The van der Waals surface area contributed by atoms with Crippen molar-refractivity contribution in [1.82, 2.24) is 9.47 Å². The van der Waals surface area contributed by atoms with Gasteiger partial charge in [0.1, 0.15) is 0 Å². The Hall–Kier alpha value is -3.28. The van der Waals surface area contributed by atoms with Gasteiger partial charge in [-0.3, -0.25) is 4.79 Å². The molecule has 2 atom stereocenters. The van der Waals surface area contributed by atoms with Gasteiger partial charge in [0.15, 0.2) is 0 Å². The zero-order valence-corrected chi connectivity index (χ0v) is 17.6. The van der Waals surface area contributed by atoms with Crippen LogP contribution in [0.3, 0.4) is 0 Å². The molecule has 1 aliphatic rings. The smallest absolute Gasteiger partial charge is 0.345 e. The minimum absolute atomic E-state index is 0.0378. The van der Waals surface area contributed by atoms with Crippen LogP contribution in [0.1, 0.15) is 34.7 Å². The SMILES string of the molecule is C=CCN(Cc1cccn1Cc1cccc(C(F)(F)F)c1)C(=O)C1CC1c1ccccc1. The molecular formula is C26H25F3N2O. The molecule has 0 N–H and O–H groups in total. The number of carbonyl (C=O) groups is 1. The lowest BCUT2D eigenvalue weighted by Crippen LogP contribution is -2.33. The fraction of sp³-hybridized carbons (Fsp3) is 0.269. The van der Waals surface area contributed by atoms with Crippen LogP contribution in [0.5, 0.6) is 0 Å². The van der Waals surface area contributed by atoms with Crippen LogP contribution in [-0.4, -0.2) is 21.9 Å². The molecule has 0 aliphatic heterocycles. The van der Waals surface area contributed by atoms with E-state index in [4.69, 9.17) is 0 Å². The van der Waals surface area contributed by atoms with Crippen molar-refractivity contribution in [2.45, 2.75) is 31.6 Å². The molecule has 0 spiro atoms. The average Bonchev–Trinajstić information content (AvgIpc) is 3.47. The molecule has 3 nitrogen and oxygen atoms in total. The first-order valence-corrected chi connectivity index (χ1v) is 10.6. The van der Waals surface area contributed by atoms with Gasteiger partial charge >= 0.3 is 6.18 Å². The molecule has 2 aromatic carbocycles. The Morgan fingerprint density at radius 3 is 2.59 bits per heavy atom. The molecule has 32 heavy (non-hydrogen) atoms. The van der Waals surface area contributed by atoms with Gasteiger partial charge in [-0.25, -0.2) is 0 Å². The number of alkyl halides is 3. The summed E-state index contributed by atoms with van der Waals surface area (Å²) in [4.78, 5) is 15.0. The van der Waals surface area contributed by atoms with E-state index in [1.54, 1.807) is 17.0 Å². The molecule has 1 aromatic heterocycles. The van der Waals surface area contributed by atoms with Gasteiger partial charge in [-0.2, -0.15) is 13.2 Å². The van der Waals surface area contributed by atoms with Gasteiger partial charge < -0.3 is 9.47 Å². The Bertz CT molecular complexity index is 1090. The molecule has 4 rings (SSSR count). The number of benzene rings is 2. The molecule has 0 bridgehead atoms. The first-order valence-electron chi connectivity index (χ1n) is 10.6. The van der Waals surface area contributed by atoms with Crippen molar-refractivity contribution in [3.8, 4) is 0 Å². The quantitative estimate of drug-likeness (QED) is 0.404. The third-order valence-electron chi connectivity index (χ3n) is 5.88. The molecule has 0 radical (unpaired) electrons. The summed E-state index contributed by atoms with van der Waals surface area (Å²) in [6, 6.07) is 19.1.